The van der Waals surface area contributed by atoms with Crippen LogP contribution in [-0.4, -0.2) is 48.3 Å². The third kappa shape index (κ3) is 11.6. The number of ether oxygens (including phenoxy) is 2. The van der Waals surface area contributed by atoms with Crippen LogP contribution in [-0.2, 0) is 14.4 Å². The second kappa shape index (κ2) is 16.4. The molecular formula is C28H37F3N2O4S2. The van der Waals surface area contributed by atoms with E-state index in [0.717, 1.165) is 63.1 Å². The maximum absolute atomic E-state index is 12.3. The summed E-state index contributed by atoms with van der Waals surface area (Å²) in [6.07, 6.45) is 1.91. The molecule has 1 amide bonds. The highest BCUT2D eigenvalue weighted by Gasteiger charge is 2.31. The minimum Gasteiger partial charge on any atom is -0.406 e. The monoisotopic (exact) mass is 586 g/mol. The van der Waals surface area contributed by atoms with Crippen LogP contribution in [0.3, 0.4) is 0 Å². The van der Waals surface area contributed by atoms with E-state index in [1.165, 1.54) is 22.6 Å². The summed E-state index contributed by atoms with van der Waals surface area (Å²) in [4.78, 5) is 16.9. The smallest absolute Gasteiger partial charge is 0.406 e. The summed E-state index contributed by atoms with van der Waals surface area (Å²) in [6, 6.07) is 14.8. The van der Waals surface area contributed by atoms with Gasteiger partial charge in [-0.3, -0.25) is 4.79 Å². The standard InChI is InChI=1S/C22H26F3NOS2.C6H11NO3/c1-3-16(2)20-6-4-5-7-21(20)29-26-14-12-19(13-15-26)28-18-10-8-17(9-11-18)27-22(23,24)25;8-5-7-10-6-3-1-2-4-9-6/h4-11,16,19H,3,12-15H2,1-2H3;5-6H,1-4H2,(H,7,8). The molecule has 2 unspecified atom stereocenters. The molecule has 2 aromatic carbocycles. The molecule has 2 aliphatic rings. The van der Waals surface area contributed by atoms with Crippen LogP contribution in [0.25, 0.3) is 0 Å². The van der Waals surface area contributed by atoms with Gasteiger partial charge in [0.2, 0.25) is 6.41 Å². The Hall–Kier alpha value is -1.92. The first kappa shape index (κ1) is 31.6. The molecule has 39 heavy (non-hydrogen) atoms. The van der Waals surface area contributed by atoms with Gasteiger partial charge in [-0.1, -0.05) is 32.0 Å². The molecule has 0 radical (unpaired) electrons. The van der Waals surface area contributed by atoms with Gasteiger partial charge in [0.25, 0.3) is 0 Å². The Labute approximate surface area is 237 Å². The number of hydrogen-bond acceptors (Lipinski definition) is 7. The lowest BCUT2D eigenvalue weighted by atomic mass is 9.99. The van der Waals surface area contributed by atoms with Gasteiger partial charge in [-0.2, -0.15) is 0 Å². The maximum atomic E-state index is 12.3. The summed E-state index contributed by atoms with van der Waals surface area (Å²) in [6.45, 7) is 7.23. The number of nitrogens with zero attached hydrogens (tertiary/aromatic N) is 1. The second-order valence-corrected chi connectivity index (χ2v) is 11.9. The Kier molecular flexibility index (Phi) is 13.3. The summed E-state index contributed by atoms with van der Waals surface area (Å²) >= 11 is 3.59. The number of thioether (sulfide) groups is 1. The van der Waals surface area contributed by atoms with Crippen LogP contribution in [0.1, 0.15) is 63.9 Å². The number of halogens is 3. The molecule has 0 spiro atoms. The predicted molar refractivity (Wildman–Crippen MR) is 148 cm³/mol. The SMILES string of the molecule is CCC(C)c1ccccc1SN1CCC(Sc2ccc(OC(F)(F)F)cc2)CC1.O=CNOC1CCCCO1. The van der Waals surface area contributed by atoms with Gasteiger partial charge in [0.1, 0.15) is 5.75 Å². The molecule has 2 aliphatic heterocycles. The van der Waals surface area contributed by atoms with Gasteiger partial charge in [0, 0.05) is 41.2 Å². The molecule has 2 saturated heterocycles. The van der Waals surface area contributed by atoms with Crippen LogP contribution in [0, 0.1) is 0 Å². The third-order valence-corrected chi connectivity index (χ3v) is 8.98. The van der Waals surface area contributed by atoms with Crippen molar-refractivity contribution in [1.82, 2.24) is 9.79 Å². The summed E-state index contributed by atoms with van der Waals surface area (Å²) in [5.41, 5.74) is 3.53. The summed E-state index contributed by atoms with van der Waals surface area (Å²) in [5.74, 6) is 0.379. The molecular weight excluding hydrogens is 549 g/mol. The van der Waals surface area contributed by atoms with Gasteiger partial charge < -0.3 is 9.47 Å². The van der Waals surface area contributed by atoms with Gasteiger partial charge in [-0.25, -0.2) is 14.6 Å². The highest BCUT2D eigenvalue weighted by Crippen LogP contribution is 2.37. The molecule has 0 aliphatic carbocycles. The predicted octanol–water partition coefficient (Wildman–Crippen LogP) is 7.55. The highest BCUT2D eigenvalue weighted by molar-refractivity contribution is 8.00. The van der Waals surface area contributed by atoms with E-state index in [-0.39, 0.29) is 12.0 Å². The first-order valence-corrected chi connectivity index (χ1v) is 14.9. The Bertz CT molecular complexity index is 984. The number of hydroxylamine groups is 1. The largest absolute Gasteiger partial charge is 0.573 e. The van der Waals surface area contributed by atoms with Crippen LogP contribution in [0.15, 0.2) is 58.3 Å². The average molecular weight is 587 g/mol. The van der Waals surface area contributed by atoms with Gasteiger partial charge in [0.15, 0.2) is 6.29 Å². The Morgan fingerprint density at radius 2 is 1.82 bits per heavy atom. The molecule has 11 heteroatoms. The van der Waals surface area contributed by atoms with E-state index >= 15 is 0 Å². The summed E-state index contributed by atoms with van der Waals surface area (Å²) < 4.78 is 48.3. The Morgan fingerprint density at radius 1 is 1.10 bits per heavy atom. The quantitative estimate of drug-likeness (QED) is 0.175. The molecule has 0 aromatic heterocycles. The van der Waals surface area contributed by atoms with E-state index < -0.39 is 6.36 Å². The zero-order valence-electron chi connectivity index (χ0n) is 22.3. The van der Waals surface area contributed by atoms with Crippen molar-refractivity contribution in [3.63, 3.8) is 0 Å². The van der Waals surface area contributed by atoms with E-state index in [4.69, 9.17) is 9.57 Å². The molecule has 216 valence electrons. The fourth-order valence-electron chi connectivity index (χ4n) is 4.19. The lowest BCUT2D eigenvalue weighted by Gasteiger charge is -2.31. The lowest BCUT2D eigenvalue weighted by molar-refractivity contribution is -0.274. The van der Waals surface area contributed by atoms with Crippen molar-refractivity contribution in [2.24, 2.45) is 0 Å². The van der Waals surface area contributed by atoms with Crippen LogP contribution in [0.2, 0.25) is 0 Å². The van der Waals surface area contributed by atoms with E-state index in [0.29, 0.717) is 17.6 Å². The van der Waals surface area contributed by atoms with Crippen molar-refractivity contribution in [3.05, 3.63) is 54.1 Å². The molecule has 0 saturated carbocycles. The molecule has 1 N–H and O–H groups in total. The second-order valence-electron chi connectivity index (χ2n) is 9.35. The molecule has 0 bridgehead atoms. The minimum atomic E-state index is -4.65. The summed E-state index contributed by atoms with van der Waals surface area (Å²) in [5, 5.41) is 0.478. The molecule has 4 rings (SSSR count). The first-order chi connectivity index (χ1) is 18.8. The van der Waals surface area contributed by atoms with Crippen molar-refractivity contribution < 1.29 is 32.3 Å². The highest BCUT2D eigenvalue weighted by atomic mass is 32.2. The van der Waals surface area contributed by atoms with Crippen molar-refractivity contribution in [3.8, 4) is 5.75 Å². The lowest BCUT2D eigenvalue weighted by Crippen LogP contribution is -2.29. The number of amides is 1. The molecule has 2 fully saturated rings. The van der Waals surface area contributed by atoms with Gasteiger partial charge >= 0.3 is 6.36 Å². The van der Waals surface area contributed by atoms with E-state index in [2.05, 4.69) is 52.6 Å². The average Bonchev–Trinajstić information content (AvgIpc) is 2.94. The third-order valence-electron chi connectivity index (χ3n) is 6.44. The molecule has 2 heterocycles. The van der Waals surface area contributed by atoms with Crippen LogP contribution in [0.5, 0.6) is 5.75 Å². The van der Waals surface area contributed by atoms with Gasteiger partial charge in [-0.15, -0.1) is 24.9 Å². The summed E-state index contributed by atoms with van der Waals surface area (Å²) in [7, 11) is 0. The number of rotatable bonds is 10. The number of alkyl halides is 3. The number of nitrogens with one attached hydrogen (secondary N) is 1. The first-order valence-electron chi connectivity index (χ1n) is 13.3. The number of carbonyl (C=O) groups excluding carboxylic acids is 1. The molecule has 2 atom stereocenters. The van der Waals surface area contributed by atoms with Gasteiger partial charge in [-0.05, 0) is 85.9 Å². The Balaban J connectivity index is 0.000000353. The van der Waals surface area contributed by atoms with Gasteiger partial charge in [0.05, 0.1) is 0 Å². The van der Waals surface area contributed by atoms with Crippen LogP contribution < -0.4 is 10.2 Å². The van der Waals surface area contributed by atoms with Crippen molar-refractivity contribution in [1.29, 1.82) is 0 Å². The number of hydrogen-bond donors (Lipinski definition) is 1. The van der Waals surface area contributed by atoms with Crippen molar-refractivity contribution >= 4 is 30.1 Å². The zero-order chi connectivity index (χ0) is 28.1. The van der Waals surface area contributed by atoms with E-state index in [9.17, 15) is 18.0 Å². The normalized spacial score (nSPS) is 19.5. The maximum Gasteiger partial charge on any atom is 0.573 e. The number of carbonyl (C=O) groups is 1. The Morgan fingerprint density at radius 3 is 2.44 bits per heavy atom. The minimum absolute atomic E-state index is 0.173. The topological polar surface area (TPSA) is 60.0 Å². The van der Waals surface area contributed by atoms with Crippen molar-refractivity contribution in [2.75, 3.05) is 19.7 Å². The molecule has 2 aromatic rings. The molecule has 6 nitrogen and oxygen atoms in total. The fraction of sp³-hybridized carbons (Fsp3) is 0.536. The number of benzene rings is 2. The zero-order valence-corrected chi connectivity index (χ0v) is 24.0. The van der Waals surface area contributed by atoms with Crippen LogP contribution in [0.4, 0.5) is 13.2 Å². The van der Waals surface area contributed by atoms with Crippen LogP contribution >= 0.6 is 23.7 Å². The van der Waals surface area contributed by atoms with E-state index in [1.54, 1.807) is 23.9 Å². The fourth-order valence-corrected chi connectivity index (χ4v) is 6.50. The van der Waals surface area contributed by atoms with E-state index in [1.807, 2.05) is 11.9 Å². The van der Waals surface area contributed by atoms with Crippen molar-refractivity contribution in [2.45, 2.75) is 86.0 Å². The number of piperidine rings is 1.